The number of nitrogens with one attached hydrogen (secondary N) is 1. The maximum atomic E-state index is 4.38. The second-order valence-corrected chi connectivity index (χ2v) is 4.80. The summed E-state index contributed by atoms with van der Waals surface area (Å²) in [7, 11) is 0. The van der Waals surface area contributed by atoms with Crippen molar-refractivity contribution in [2.45, 2.75) is 33.1 Å². The predicted octanol–water partition coefficient (Wildman–Crippen LogP) is 3.41. The van der Waals surface area contributed by atoms with Gasteiger partial charge in [-0.2, -0.15) is 0 Å². The van der Waals surface area contributed by atoms with Gasteiger partial charge in [0.1, 0.15) is 5.82 Å². The highest BCUT2D eigenvalue weighted by atomic mass is 14.9. The smallest absolute Gasteiger partial charge is 0.104 e. The predicted molar refractivity (Wildman–Crippen MR) is 61.6 cm³/mol. The van der Waals surface area contributed by atoms with Crippen LogP contribution >= 0.6 is 0 Å². The lowest BCUT2D eigenvalue weighted by atomic mass is 9.87. The van der Waals surface area contributed by atoms with Crippen LogP contribution in [0.5, 0.6) is 0 Å². The van der Waals surface area contributed by atoms with Crippen molar-refractivity contribution in [3.8, 4) is 0 Å². The number of fused-ring (bicyclic) bond motifs is 1. The van der Waals surface area contributed by atoms with E-state index in [0.717, 1.165) is 16.9 Å². The number of rotatable bonds is 0. The molecule has 0 bridgehead atoms. The lowest BCUT2D eigenvalue weighted by Crippen LogP contribution is -2.10. The summed E-state index contributed by atoms with van der Waals surface area (Å²) in [5.74, 6) is 0.978. The summed E-state index contributed by atoms with van der Waals surface area (Å²) in [6, 6.07) is 6.43. The largest absolute Gasteiger partial charge is 0.342 e. The SMILES string of the molecule is Cc1nc2ccc(C(C)(C)C)cc2[nH]1.[HH]. The van der Waals surface area contributed by atoms with Gasteiger partial charge >= 0.3 is 0 Å². The summed E-state index contributed by atoms with van der Waals surface area (Å²) in [4.78, 5) is 7.64. The monoisotopic (exact) mass is 190 g/mol. The second kappa shape index (κ2) is 2.84. The molecule has 0 unspecified atom stereocenters. The zero-order chi connectivity index (χ0) is 10.3. The highest BCUT2D eigenvalue weighted by molar-refractivity contribution is 5.76. The number of hydrogen-bond donors (Lipinski definition) is 1. The molecule has 0 aliphatic carbocycles. The van der Waals surface area contributed by atoms with Crippen LogP contribution in [0.3, 0.4) is 0 Å². The second-order valence-electron chi connectivity index (χ2n) is 4.80. The molecule has 14 heavy (non-hydrogen) atoms. The number of aromatic nitrogens is 2. The fraction of sp³-hybridized carbons (Fsp3) is 0.417. The molecule has 1 aromatic heterocycles. The fourth-order valence-electron chi connectivity index (χ4n) is 1.60. The average Bonchev–Trinajstić information content (AvgIpc) is 2.41. The zero-order valence-corrected chi connectivity index (χ0v) is 9.18. The molecule has 76 valence electrons. The molecule has 2 nitrogen and oxygen atoms in total. The van der Waals surface area contributed by atoms with Crippen molar-refractivity contribution in [2.75, 3.05) is 0 Å². The van der Waals surface area contributed by atoms with Gasteiger partial charge in [0.15, 0.2) is 0 Å². The Kier molecular flexibility index (Phi) is 1.88. The van der Waals surface area contributed by atoms with E-state index in [-0.39, 0.29) is 6.84 Å². The van der Waals surface area contributed by atoms with Crippen molar-refractivity contribution >= 4 is 11.0 Å². The number of aryl methyl sites for hydroxylation is 1. The summed E-state index contributed by atoms with van der Waals surface area (Å²) in [6.45, 7) is 8.64. The van der Waals surface area contributed by atoms with Gasteiger partial charge in [0.25, 0.3) is 0 Å². The first kappa shape index (κ1) is 9.25. The third-order valence-electron chi connectivity index (χ3n) is 2.47. The summed E-state index contributed by atoms with van der Waals surface area (Å²) in [6.07, 6.45) is 0. The molecule has 2 heteroatoms. The Morgan fingerprint density at radius 3 is 2.64 bits per heavy atom. The Balaban J connectivity index is 0.00000112. The Hall–Kier alpha value is -1.31. The van der Waals surface area contributed by atoms with Crippen LogP contribution in [-0.2, 0) is 5.41 Å². The van der Waals surface area contributed by atoms with E-state index in [9.17, 15) is 0 Å². The van der Waals surface area contributed by atoms with Crippen molar-refractivity contribution < 1.29 is 1.43 Å². The molecule has 1 N–H and O–H groups in total. The van der Waals surface area contributed by atoms with E-state index in [0.29, 0.717) is 0 Å². The third kappa shape index (κ3) is 1.52. The van der Waals surface area contributed by atoms with Crippen LogP contribution in [0.1, 0.15) is 33.6 Å². The Morgan fingerprint density at radius 2 is 2.00 bits per heavy atom. The topological polar surface area (TPSA) is 28.7 Å². The van der Waals surface area contributed by atoms with Crippen LogP contribution in [0, 0.1) is 6.92 Å². The van der Waals surface area contributed by atoms with Gasteiger partial charge in [0.05, 0.1) is 11.0 Å². The maximum Gasteiger partial charge on any atom is 0.104 e. The molecule has 0 amide bonds. The molecular weight excluding hydrogens is 172 g/mol. The number of imidazole rings is 1. The Bertz CT molecular complexity index is 466. The van der Waals surface area contributed by atoms with Gasteiger partial charge < -0.3 is 4.98 Å². The van der Waals surface area contributed by atoms with Gasteiger partial charge in [0.2, 0.25) is 0 Å². The molecule has 2 aromatic rings. The molecular formula is C12H18N2. The number of H-pyrrole nitrogens is 1. The highest BCUT2D eigenvalue weighted by Gasteiger charge is 2.14. The molecule has 0 radical (unpaired) electrons. The van der Waals surface area contributed by atoms with Gasteiger partial charge in [-0.05, 0) is 30.0 Å². The molecule has 2 rings (SSSR count). The number of benzene rings is 1. The van der Waals surface area contributed by atoms with E-state index in [4.69, 9.17) is 0 Å². The van der Waals surface area contributed by atoms with Crippen molar-refractivity contribution in [3.05, 3.63) is 29.6 Å². The molecule has 0 saturated carbocycles. The Labute approximate surface area is 85.9 Å². The number of nitrogens with zero attached hydrogens (tertiary/aromatic N) is 1. The molecule has 0 aliphatic rings. The van der Waals surface area contributed by atoms with Gasteiger partial charge in [-0.25, -0.2) is 4.98 Å². The summed E-state index contributed by atoms with van der Waals surface area (Å²) < 4.78 is 0. The summed E-state index contributed by atoms with van der Waals surface area (Å²) in [5.41, 5.74) is 3.73. The molecule has 0 spiro atoms. The first-order valence-corrected chi connectivity index (χ1v) is 4.94. The minimum atomic E-state index is 0. The Morgan fingerprint density at radius 1 is 1.29 bits per heavy atom. The van der Waals surface area contributed by atoms with Crippen molar-refractivity contribution in [2.24, 2.45) is 0 Å². The number of hydrogen-bond acceptors (Lipinski definition) is 1. The molecule has 0 fully saturated rings. The normalized spacial score (nSPS) is 12.3. The van der Waals surface area contributed by atoms with Crippen LogP contribution in [-0.4, -0.2) is 9.97 Å². The van der Waals surface area contributed by atoms with Gasteiger partial charge in [-0.3, -0.25) is 0 Å². The van der Waals surface area contributed by atoms with E-state index >= 15 is 0 Å². The standard InChI is InChI=1S/C12H16N2.H2/c1-8-13-10-6-5-9(12(2,3)4)7-11(10)14-8;/h5-7H,1-4H3,(H,13,14);1H. The zero-order valence-electron chi connectivity index (χ0n) is 9.18. The van der Waals surface area contributed by atoms with Crippen LogP contribution in [0.25, 0.3) is 11.0 Å². The van der Waals surface area contributed by atoms with Gasteiger partial charge in [-0.1, -0.05) is 26.8 Å². The van der Waals surface area contributed by atoms with E-state index in [1.165, 1.54) is 5.56 Å². The quantitative estimate of drug-likeness (QED) is 0.677. The van der Waals surface area contributed by atoms with Gasteiger partial charge in [0, 0.05) is 1.43 Å². The first-order chi connectivity index (χ1) is 6.47. The van der Waals surface area contributed by atoms with Crippen LogP contribution in [0.4, 0.5) is 0 Å². The van der Waals surface area contributed by atoms with E-state index < -0.39 is 0 Å². The highest BCUT2D eigenvalue weighted by Crippen LogP contribution is 2.24. The molecule has 1 heterocycles. The van der Waals surface area contributed by atoms with Gasteiger partial charge in [-0.15, -0.1) is 0 Å². The average molecular weight is 190 g/mol. The van der Waals surface area contributed by atoms with Crippen LogP contribution < -0.4 is 0 Å². The van der Waals surface area contributed by atoms with Crippen LogP contribution in [0.15, 0.2) is 18.2 Å². The van der Waals surface area contributed by atoms with Crippen LogP contribution in [0.2, 0.25) is 0 Å². The molecule has 0 aliphatic heterocycles. The minimum Gasteiger partial charge on any atom is -0.342 e. The van der Waals surface area contributed by atoms with E-state index in [1.54, 1.807) is 0 Å². The lowest BCUT2D eigenvalue weighted by molar-refractivity contribution is 0.591. The lowest BCUT2D eigenvalue weighted by Gasteiger charge is -2.18. The van der Waals surface area contributed by atoms with Crippen molar-refractivity contribution in [3.63, 3.8) is 0 Å². The molecule has 0 atom stereocenters. The van der Waals surface area contributed by atoms with Crippen molar-refractivity contribution in [1.29, 1.82) is 0 Å². The van der Waals surface area contributed by atoms with E-state index in [1.807, 2.05) is 6.92 Å². The first-order valence-electron chi connectivity index (χ1n) is 4.94. The maximum absolute atomic E-state index is 4.38. The third-order valence-corrected chi connectivity index (χ3v) is 2.47. The van der Waals surface area contributed by atoms with E-state index in [2.05, 4.69) is 48.9 Å². The summed E-state index contributed by atoms with van der Waals surface area (Å²) >= 11 is 0. The molecule has 0 saturated heterocycles. The minimum absolute atomic E-state index is 0. The molecule has 1 aromatic carbocycles. The summed E-state index contributed by atoms with van der Waals surface area (Å²) in [5, 5.41) is 0. The van der Waals surface area contributed by atoms with Crippen molar-refractivity contribution in [1.82, 2.24) is 9.97 Å². The number of aromatic amines is 1. The fourth-order valence-corrected chi connectivity index (χ4v) is 1.60.